The standard InChI is InChI=1S/C39H44N2O8/c1-41(24-35(44)32-7-3-8-33(43)20-32)23-34-21-36(29-13-11-26(25-42)12-14-29)49-39(48-34)30-17-15-28(16-18-30)31-6-2-5-27(19-31)22-40-37(45)9-4-10-38(46)47/h2-3,5-8,11-20,34-36,39,42-44H,4,9-10,21-25H2,1H3,(H,40,45)(H,46,47)/t34-,35-,36+,39+/m1/s1. The average molecular weight is 669 g/mol. The number of nitrogens with one attached hydrogen (secondary N) is 1. The van der Waals surface area contributed by atoms with E-state index in [4.69, 9.17) is 14.6 Å². The minimum absolute atomic E-state index is 0.0302. The quantitative estimate of drug-likeness (QED) is 0.109. The van der Waals surface area contributed by atoms with Crippen LogP contribution in [0.25, 0.3) is 11.1 Å². The van der Waals surface area contributed by atoms with Gasteiger partial charge < -0.3 is 40.1 Å². The Hall–Kier alpha value is -4.58. The van der Waals surface area contributed by atoms with Gasteiger partial charge in [0.2, 0.25) is 5.91 Å². The molecular formula is C39H44N2O8. The number of carboxylic acid groups (broad SMARTS) is 1. The van der Waals surface area contributed by atoms with E-state index in [1.165, 1.54) is 0 Å². The van der Waals surface area contributed by atoms with E-state index in [-0.39, 0.29) is 43.3 Å². The first-order valence-electron chi connectivity index (χ1n) is 16.5. The van der Waals surface area contributed by atoms with Crippen molar-refractivity contribution in [2.45, 2.75) is 63.4 Å². The number of carbonyl (C=O) groups is 2. The highest BCUT2D eigenvalue weighted by Crippen LogP contribution is 2.39. The van der Waals surface area contributed by atoms with Gasteiger partial charge in [0.15, 0.2) is 6.29 Å². The van der Waals surface area contributed by atoms with Gasteiger partial charge in [-0.1, -0.05) is 78.9 Å². The summed E-state index contributed by atoms with van der Waals surface area (Å²) in [5.74, 6) is -0.977. The van der Waals surface area contributed by atoms with Crippen molar-refractivity contribution >= 4 is 11.9 Å². The molecule has 1 heterocycles. The number of aliphatic hydroxyl groups is 2. The van der Waals surface area contributed by atoms with Crippen LogP contribution in [0.4, 0.5) is 0 Å². The van der Waals surface area contributed by atoms with Gasteiger partial charge in [0.05, 0.1) is 24.9 Å². The average Bonchev–Trinajstić information content (AvgIpc) is 3.10. The number of nitrogens with zero attached hydrogens (tertiary/aromatic N) is 1. The van der Waals surface area contributed by atoms with Gasteiger partial charge in [0, 0.05) is 44.5 Å². The number of hydrogen-bond donors (Lipinski definition) is 5. The van der Waals surface area contributed by atoms with Crippen molar-refractivity contribution in [2.75, 3.05) is 20.1 Å². The number of hydrogen-bond acceptors (Lipinski definition) is 8. The molecule has 49 heavy (non-hydrogen) atoms. The number of rotatable bonds is 15. The molecule has 5 rings (SSSR count). The molecule has 1 amide bonds. The maximum Gasteiger partial charge on any atom is 0.303 e. The molecule has 0 saturated carbocycles. The fourth-order valence-electron chi connectivity index (χ4n) is 5.97. The monoisotopic (exact) mass is 668 g/mol. The van der Waals surface area contributed by atoms with Crippen LogP contribution >= 0.6 is 0 Å². The van der Waals surface area contributed by atoms with Gasteiger partial charge in [0.1, 0.15) is 5.75 Å². The summed E-state index contributed by atoms with van der Waals surface area (Å²) in [5, 5.41) is 41.8. The predicted molar refractivity (Wildman–Crippen MR) is 184 cm³/mol. The Morgan fingerprint density at radius 1 is 0.878 bits per heavy atom. The minimum Gasteiger partial charge on any atom is -0.508 e. The van der Waals surface area contributed by atoms with Gasteiger partial charge >= 0.3 is 5.97 Å². The highest BCUT2D eigenvalue weighted by atomic mass is 16.7. The van der Waals surface area contributed by atoms with E-state index >= 15 is 0 Å². The van der Waals surface area contributed by atoms with Crippen LogP contribution in [0.3, 0.4) is 0 Å². The molecule has 0 aromatic heterocycles. The minimum atomic E-state index is -0.910. The van der Waals surface area contributed by atoms with Crippen LogP contribution in [0.1, 0.15) is 72.0 Å². The molecule has 0 unspecified atom stereocenters. The first-order valence-corrected chi connectivity index (χ1v) is 16.5. The molecule has 10 heteroatoms. The zero-order valence-electron chi connectivity index (χ0n) is 27.6. The lowest BCUT2D eigenvalue weighted by Crippen LogP contribution is -2.39. The number of phenolic OH excluding ortho intramolecular Hbond substituents is 1. The summed E-state index contributed by atoms with van der Waals surface area (Å²) in [6.45, 7) is 1.21. The van der Waals surface area contributed by atoms with E-state index < -0.39 is 18.4 Å². The lowest BCUT2D eigenvalue weighted by molar-refractivity contribution is -0.252. The van der Waals surface area contributed by atoms with Gasteiger partial charge in [-0.3, -0.25) is 9.59 Å². The Morgan fingerprint density at radius 2 is 1.61 bits per heavy atom. The van der Waals surface area contributed by atoms with Crippen molar-refractivity contribution in [3.8, 4) is 16.9 Å². The Balaban J connectivity index is 1.26. The van der Waals surface area contributed by atoms with Crippen molar-refractivity contribution in [2.24, 2.45) is 0 Å². The Labute approximate surface area is 286 Å². The van der Waals surface area contributed by atoms with Crippen molar-refractivity contribution in [1.82, 2.24) is 10.2 Å². The summed E-state index contributed by atoms with van der Waals surface area (Å²) in [5.41, 5.74) is 6.22. The number of amides is 1. The third kappa shape index (κ3) is 10.5. The molecule has 1 aliphatic rings. The number of aliphatic hydroxyl groups excluding tert-OH is 2. The summed E-state index contributed by atoms with van der Waals surface area (Å²) in [6, 6.07) is 30.3. The molecule has 0 aliphatic carbocycles. The smallest absolute Gasteiger partial charge is 0.303 e. The molecule has 0 bridgehead atoms. The normalized spacial score (nSPS) is 18.2. The molecule has 4 atom stereocenters. The topological polar surface area (TPSA) is 149 Å². The SMILES string of the molecule is CN(C[C@H]1C[C@@H](c2ccc(CO)cc2)O[C@@H](c2ccc(-c3cccc(CNC(=O)CCCC(=O)O)c3)cc2)O1)C[C@@H](O)c1cccc(O)c1. The molecule has 10 nitrogen and oxygen atoms in total. The lowest BCUT2D eigenvalue weighted by atomic mass is 9.99. The summed E-state index contributed by atoms with van der Waals surface area (Å²) >= 11 is 0. The van der Waals surface area contributed by atoms with Crippen LogP contribution in [0.15, 0.2) is 97.1 Å². The number of aromatic hydroxyl groups is 1. The molecule has 1 fully saturated rings. The van der Waals surface area contributed by atoms with Crippen LogP contribution < -0.4 is 5.32 Å². The van der Waals surface area contributed by atoms with Crippen molar-refractivity contribution < 1.29 is 39.5 Å². The first-order chi connectivity index (χ1) is 23.7. The number of carboxylic acids is 1. The number of ether oxygens (including phenoxy) is 2. The number of phenols is 1. The Bertz CT molecular complexity index is 1680. The number of benzene rings is 4. The summed E-state index contributed by atoms with van der Waals surface area (Å²) < 4.78 is 13.0. The molecule has 1 saturated heterocycles. The third-order valence-electron chi connectivity index (χ3n) is 8.60. The summed E-state index contributed by atoms with van der Waals surface area (Å²) in [6.07, 6.45) is -0.830. The van der Waals surface area contributed by atoms with E-state index in [1.807, 2.05) is 84.7 Å². The molecule has 4 aromatic carbocycles. The molecule has 258 valence electrons. The Kier molecular flexibility index (Phi) is 12.5. The second-order valence-electron chi connectivity index (χ2n) is 12.5. The maximum absolute atomic E-state index is 12.1. The number of aliphatic carboxylic acids is 1. The van der Waals surface area contributed by atoms with E-state index in [0.717, 1.165) is 33.4 Å². The van der Waals surface area contributed by atoms with E-state index in [1.54, 1.807) is 24.3 Å². The van der Waals surface area contributed by atoms with Gasteiger partial charge in [-0.15, -0.1) is 0 Å². The van der Waals surface area contributed by atoms with Crippen molar-refractivity contribution in [3.63, 3.8) is 0 Å². The van der Waals surface area contributed by atoms with Crippen LogP contribution in [-0.2, 0) is 32.2 Å². The summed E-state index contributed by atoms with van der Waals surface area (Å²) in [4.78, 5) is 24.8. The van der Waals surface area contributed by atoms with Gasteiger partial charge in [-0.05, 0) is 65.0 Å². The second kappa shape index (κ2) is 17.2. The van der Waals surface area contributed by atoms with Crippen LogP contribution in [0.5, 0.6) is 5.75 Å². The zero-order valence-corrected chi connectivity index (χ0v) is 27.6. The Morgan fingerprint density at radius 3 is 2.33 bits per heavy atom. The van der Waals surface area contributed by atoms with E-state index in [9.17, 15) is 24.9 Å². The van der Waals surface area contributed by atoms with Gasteiger partial charge in [-0.2, -0.15) is 0 Å². The lowest BCUT2D eigenvalue weighted by Gasteiger charge is -2.38. The molecule has 1 aliphatic heterocycles. The van der Waals surface area contributed by atoms with Crippen LogP contribution in [-0.4, -0.2) is 63.4 Å². The fraction of sp³-hybridized carbons (Fsp3) is 0.333. The molecule has 5 N–H and O–H groups in total. The summed E-state index contributed by atoms with van der Waals surface area (Å²) in [7, 11) is 1.93. The highest BCUT2D eigenvalue weighted by Gasteiger charge is 2.33. The highest BCUT2D eigenvalue weighted by molar-refractivity contribution is 5.76. The van der Waals surface area contributed by atoms with E-state index in [0.29, 0.717) is 38.0 Å². The van der Waals surface area contributed by atoms with Crippen molar-refractivity contribution in [3.05, 3.63) is 125 Å². The molecular weight excluding hydrogens is 624 g/mol. The molecule has 4 aromatic rings. The third-order valence-corrected chi connectivity index (χ3v) is 8.60. The van der Waals surface area contributed by atoms with E-state index in [2.05, 4.69) is 5.32 Å². The predicted octanol–water partition coefficient (Wildman–Crippen LogP) is 5.63. The zero-order chi connectivity index (χ0) is 34.8. The number of likely N-dealkylation sites (N-methyl/N-ethyl adjacent to an activating group) is 1. The maximum atomic E-state index is 12.1. The number of carbonyl (C=O) groups excluding carboxylic acids is 1. The molecule has 0 spiro atoms. The van der Waals surface area contributed by atoms with Gasteiger partial charge in [-0.25, -0.2) is 0 Å². The fourth-order valence-corrected chi connectivity index (χ4v) is 5.97. The van der Waals surface area contributed by atoms with Crippen molar-refractivity contribution in [1.29, 1.82) is 0 Å². The second-order valence-corrected chi connectivity index (χ2v) is 12.5. The van der Waals surface area contributed by atoms with Crippen LogP contribution in [0.2, 0.25) is 0 Å². The van der Waals surface area contributed by atoms with Crippen LogP contribution in [0, 0.1) is 0 Å². The van der Waals surface area contributed by atoms with Gasteiger partial charge in [0.25, 0.3) is 0 Å². The molecule has 0 radical (unpaired) electrons. The largest absolute Gasteiger partial charge is 0.508 e. The first kappa shape index (κ1) is 35.7.